The third kappa shape index (κ3) is 4.02. The third-order valence-corrected chi connectivity index (χ3v) is 3.82. The lowest BCUT2D eigenvalue weighted by Gasteiger charge is -2.19. The molecular formula is C19H20BN2O3. The normalized spacial score (nSPS) is 12.0. The van der Waals surface area contributed by atoms with E-state index in [-0.39, 0.29) is 0 Å². The molecule has 25 heavy (non-hydrogen) atoms. The zero-order valence-corrected chi connectivity index (χ0v) is 14.6. The number of ether oxygens (including phenoxy) is 1. The average molecular weight is 335 g/mol. The van der Waals surface area contributed by atoms with E-state index >= 15 is 0 Å². The Balaban J connectivity index is 1.76. The molecular weight excluding hydrogens is 315 g/mol. The van der Waals surface area contributed by atoms with E-state index in [1.54, 1.807) is 7.48 Å². The highest BCUT2D eigenvalue weighted by Gasteiger charge is 2.21. The van der Waals surface area contributed by atoms with Crippen LogP contribution in [0, 0.1) is 5.41 Å². The van der Waals surface area contributed by atoms with Crippen molar-refractivity contribution in [2.45, 2.75) is 32.8 Å². The molecule has 2 aromatic rings. The highest BCUT2D eigenvalue weighted by atomic mass is 16.6. The topological polar surface area (TPSA) is 71.4 Å². The van der Waals surface area contributed by atoms with Crippen LogP contribution in [-0.4, -0.2) is 25.6 Å². The van der Waals surface area contributed by atoms with Crippen molar-refractivity contribution in [1.82, 2.24) is 0 Å². The summed E-state index contributed by atoms with van der Waals surface area (Å²) >= 11 is 0. The quantitative estimate of drug-likeness (QED) is 0.436. The first-order valence-corrected chi connectivity index (χ1v) is 8.09. The van der Waals surface area contributed by atoms with Gasteiger partial charge in [-0.15, -0.1) is 0 Å². The molecule has 0 saturated heterocycles. The number of amides is 1. The number of anilines is 1. The first-order chi connectivity index (χ1) is 11.9. The zero-order valence-electron chi connectivity index (χ0n) is 14.6. The van der Waals surface area contributed by atoms with Crippen LogP contribution in [0.4, 0.5) is 10.5 Å². The second-order valence-electron chi connectivity index (χ2n) is 6.96. The van der Waals surface area contributed by atoms with E-state index in [2.05, 4.69) is 17.4 Å². The minimum absolute atomic E-state index is 0.455. The van der Waals surface area contributed by atoms with Gasteiger partial charge in [0.25, 0.3) is 0 Å². The molecule has 1 amide bonds. The molecule has 1 radical (unpaired) electrons. The largest absolute Gasteiger partial charge is 0.550 e. The number of rotatable bonds is 4. The number of carbonyl (C=O) groups is 1. The minimum Gasteiger partial charge on any atom is -0.550 e. The Morgan fingerprint density at radius 2 is 1.84 bits per heavy atom. The van der Waals surface area contributed by atoms with Crippen LogP contribution in [0.15, 0.2) is 36.4 Å². The van der Waals surface area contributed by atoms with Gasteiger partial charge in [0, 0.05) is 5.69 Å². The van der Waals surface area contributed by atoms with Gasteiger partial charge in [0.05, 0.1) is 0 Å². The van der Waals surface area contributed by atoms with Crippen LogP contribution in [-0.2, 0) is 15.8 Å². The molecule has 0 aromatic heterocycles. The molecule has 0 saturated carbocycles. The van der Waals surface area contributed by atoms with Crippen LogP contribution in [0.5, 0.6) is 0 Å². The Bertz CT molecular complexity index is 828. The second-order valence-corrected chi connectivity index (χ2v) is 6.96. The van der Waals surface area contributed by atoms with Gasteiger partial charge in [0.15, 0.2) is 0 Å². The van der Waals surface area contributed by atoms with Crippen molar-refractivity contribution in [3.8, 4) is 11.1 Å². The van der Waals surface area contributed by atoms with E-state index in [9.17, 15) is 4.79 Å². The van der Waals surface area contributed by atoms with E-state index in [0.717, 1.165) is 29.5 Å². The summed E-state index contributed by atoms with van der Waals surface area (Å²) < 4.78 is 10.2. The predicted molar refractivity (Wildman–Crippen MR) is 99.8 cm³/mol. The fourth-order valence-corrected chi connectivity index (χ4v) is 2.92. The number of hydrogen-bond donors (Lipinski definition) is 2. The number of benzene rings is 2. The molecule has 0 aliphatic heterocycles. The van der Waals surface area contributed by atoms with Crippen molar-refractivity contribution in [3.63, 3.8) is 0 Å². The average Bonchev–Trinajstić information content (AvgIpc) is 2.87. The van der Waals surface area contributed by atoms with Gasteiger partial charge in [-0.05, 0) is 67.0 Å². The van der Waals surface area contributed by atoms with Gasteiger partial charge in [0.2, 0.25) is 0 Å². The van der Waals surface area contributed by atoms with Crippen LogP contribution >= 0.6 is 0 Å². The first-order valence-electron chi connectivity index (χ1n) is 8.09. The highest BCUT2D eigenvalue weighted by Crippen LogP contribution is 2.37. The van der Waals surface area contributed by atoms with Crippen molar-refractivity contribution in [2.75, 3.05) is 5.32 Å². The Kier molecular flexibility index (Phi) is 4.53. The fourth-order valence-electron chi connectivity index (χ4n) is 2.92. The zero-order chi connectivity index (χ0) is 18.0. The molecule has 2 N–H and O–H groups in total. The Morgan fingerprint density at radius 3 is 2.52 bits per heavy atom. The van der Waals surface area contributed by atoms with Crippen LogP contribution in [0.2, 0.25) is 0 Å². The maximum absolute atomic E-state index is 11.9. The number of hydrogen-bond acceptors (Lipinski definition) is 4. The Hall–Kier alpha value is -2.76. The molecule has 2 aromatic carbocycles. The van der Waals surface area contributed by atoms with E-state index in [4.69, 9.17) is 14.8 Å². The molecule has 0 fully saturated rings. The van der Waals surface area contributed by atoms with Gasteiger partial charge < -0.3 is 9.39 Å². The fraction of sp³-hybridized carbons (Fsp3) is 0.263. The van der Waals surface area contributed by atoms with Crippen LogP contribution in [0.3, 0.4) is 0 Å². The predicted octanol–water partition coefficient (Wildman–Crippen LogP) is 3.47. The molecule has 0 unspecified atom stereocenters. The molecule has 1 aliphatic carbocycles. The van der Waals surface area contributed by atoms with Gasteiger partial charge >= 0.3 is 13.6 Å². The molecule has 0 atom stereocenters. The van der Waals surface area contributed by atoms with Crippen molar-refractivity contribution >= 4 is 31.1 Å². The van der Waals surface area contributed by atoms with Crippen molar-refractivity contribution in [2.24, 2.45) is 0 Å². The van der Waals surface area contributed by atoms with E-state index in [1.165, 1.54) is 16.7 Å². The van der Waals surface area contributed by atoms with Gasteiger partial charge in [-0.2, -0.15) is 0 Å². The first kappa shape index (κ1) is 17.1. The van der Waals surface area contributed by atoms with Gasteiger partial charge in [-0.1, -0.05) is 24.3 Å². The molecule has 6 heteroatoms. The maximum Gasteiger partial charge on any atom is 0.412 e. The minimum atomic E-state index is -0.525. The highest BCUT2D eigenvalue weighted by molar-refractivity contribution is 6.48. The lowest BCUT2D eigenvalue weighted by atomic mass is 9.86. The van der Waals surface area contributed by atoms with Gasteiger partial charge in [-0.3, -0.25) is 10.7 Å². The second kappa shape index (κ2) is 6.63. The summed E-state index contributed by atoms with van der Waals surface area (Å²) in [6.07, 6.45) is 1.24. The SMILES string of the molecule is CC(C)(C)OC(=O)Nc1ccc2c(c1)Cc1cc([B]OC=N)ccc1-2. The Labute approximate surface area is 148 Å². The van der Waals surface area contributed by atoms with Gasteiger partial charge in [0.1, 0.15) is 12.0 Å². The van der Waals surface area contributed by atoms with Crippen molar-refractivity contribution < 1.29 is 14.2 Å². The van der Waals surface area contributed by atoms with Crippen molar-refractivity contribution in [1.29, 1.82) is 5.41 Å². The lowest BCUT2D eigenvalue weighted by molar-refractivity contribution is 0.0636. The molecule has 0 heterocycles. The van der Waals surface area contributed by atoms with E-state index < -0.39 is 11.7 Å². The summed E-state index contributed by atoms with van der Waals surface area (Å²) in [5, 5.41) is 9.70. The molecule has 0 spiro atoms. The number of fused-ring (bicyclic) bond motifs is 3. The van der Waals surface area contributed by atoms with Crippen LogP contribution in [0.25, 0.3) is 11.1 Å². The monoisotopic (exact) mass is 335 g/mol. The number of carbonyl (C=O) groups excluding carboxylic acids is 1. The van der Waals surface area contributed by atoms with Gasteiger partial charge in [-0.25, -0.2) is 4.79 Å². The summed E-state index contributed by atoms with van der Waals surface area (Å²) in [4.78, 5) is 11.9. The standard InChI is InChI=1S/C19H20BN2O3/c1-19(2,3)25-18(23)22-15-5-7-17-13(10-15)8-12-9-14(20-24-11-21)4-6-16(12)17/h4-7,9-11,21H,8H2,1-3H3,(H,22,23). The van der Waals surface area contributed by atoms with E-state index in [1.807, 2.05) is 45.0 Å². The molecule has 1 aliphatic rings. The summed E-state index contributed by atoms with van der Waals surface area (Å²) in [7, 11) is 1.55. The maximum atomic E-state index is 11.9. The van der Waals surface area contributed by atoms with Crippen LogP contribution in [0.1, 0.15) is 31.9 Å². The summed E-state index contributed by atoms with van der Waals surface area (Å²) in [6, 6.07) is 12.0. The van der Waals surface area contributed by atoms with Crippen LogP contribution < -0.4 is 10.8 Å². The molecule has 3 rings (SSSR count). The summed E-state index contributed by atoms with van der Waals surface area (Å²) in [6.45, 7) is 5.51. The molecule has 0 bridgehead atoms. The third-order valence-electron chi connectivity index (χ3n) is 3.82. The summed E-state index contributed by atoms with van der Waals surface area (Å²) in [5.41, 5.74) is 5.83. The molecule has 5 nitrogen and oxygen atoms in total. The lowest BCUT2D eigenvalue weighted by Crippen LogP contribution is -2.27. The Morgan fingerprint density at radius 1 is 1.16 bits per heavy atom. The smallest absolute Gasteiger partial charge is 0.412 e. The molecule has 127 valence electrons. The summed E-state index contributed by atoms with van der Waals surface area (Å²) in [5.74, 6) is 0. The number of nitrogens with one attached hydrogen (secondary N) is 2. The van der Waals surface area contributed by atoms with Crippen molar-refractivity contribution in [3.05, 3.63) is 47.5 Å². The van der Waals surface area contributed by atoms with E-state index in [0.29, 0.717) is 0 Å².